The van der Waals surface area contributed by atoms with Gasteiger partial charge in [-0.1, -0.05) is 48.5 Å². The van der Waals surface area contributed by atoms with Gasteiger partial charge >= 0.3 is 0 Å². The summed E-state index contributed by atoms with van der Waals surface area (Å²) >= 11 is 4.85. The molecular weight excluding hydrogens is 463 g/mol. The molecule has 0 radical (unpaired) electrons. The fraction of sp³-hybridized carbons (Fsp3) is 0.0370. The van der Waals surface area contributed by atoms with E-state index in [0.29, 0.717) is 0 Å². The summed E-state index contributed by atoms with van der Waals surface area (Å²) in [5.41, 5.74) is 6.53. The third-order valence-electron chi connectivity index (χ3n) is 5.53. The minimum Gasteiger partial charge on any atom is -0.302 e. The Bertz CT molecular complexity index is 1490. The SMILES string of the molecule is Cc1ccc(-c2ccc(-c3ccc(N(c4ccccc4)c4ccccc4)s3)c3nsnc23)s1. The maximum atomic E-state index is 4.69. The molecule has 0 N–H and O–H groups in total. The van der Waals surface area contributed by atoms with Crippen LogP contribution in [-0.4, -0.2) is 8.75 Å². The fourth-order valence-electron chi connectivity index (χ4n) is 3.99. The van der Waals surface area contributed by atoms with Crippen LogP contribution in [0, 0.1) is 6.92 Å². The largest absolute Gasteiger partial charge is 0.302 e. The molecule has 0 aliphatic heterocycles. The van der Waals surface area contributed by atoms with Gasteiger partial charge in [-0.15, -0.1) is 22.7 Å². The van der Waals surface area contributed by atoms with Crippen LogP contribution >= 0.6 is 34.4 Å². The molecule has 0 bridgehead atoms. The predicted molar refractivity (Wildman–Crippen MR) is 143 cm³/mol. The molecule has 0 fully saturated rings. The molecule has 3 nitrogen and oxygen atoms in total. The van der Waals surface area contributed by atoms with Crippen molar-refractivity contribution in [1.82, 2.24) is 8.75 Å². The van der Waals surface area contributed by atoms with Crippen LogP contribution in [0.25, 0.3) is 31.9 Å². The van der Waals surface area contributed by atoms with Crippen molar-refractivity contribution in [3.05, 3.63) is 102 Å². The van der Waals surface area contributed by atoms with Gasteiger partial charge in [-0.3, -0.25) is 0 Å². The molecule has 33 heavy (non-hydrogen) atoms. The molecule has 160 valence electrons. The van der Waals surface area contributed by atoms with Gasteiger partial charge in [-0.25, -0.2) is 0 Å². The summed E-state index contributed by atoms with van der Waals surface area (Å²) in [6, 6.07) is 34.1. The lowest BCUT2D eigenvalue weighted by Gasteiger charge is -2.23. The van der Waals surface area contributed by atoms with Crippen molar-refractivity contribution in [3.8, 4) is 20.9 Å². The van der Waals surface area contributed by atoms with Crippen LogP contribution in [0.1, 0.15) is 4.88 Å². The first-order chi connectivity index (χ1) is 16.3. The zero-order chi connectivity index (χ0) is 22.2. The standard InChI is InChI=1S/C27H19N3S3/c1-18-12-15-23(31-18)21-13-14-22(27-26(21)28-33-29-27)24-16-17-25(32-24)30(19-8-4-2-5-9-19)20-10-6-3-7-11-20/h2-17H,1H3. The van der Waals surface area contributed by atoms with Crippen LogP contribution in [0.15, 0.2) is 97.1 Å². The van der Waals surface area contributed by atoms with Crippen molar-refractivity contribution in [2.75, 3.05) is 4.90 Å². The molecule has 6 rings (SSSR count). The molecule has 3 heterocycles. The van der Waals surface area contributed by atoms with Gasteiger partial charge in [-0.2, -0.15) is 8.75 Å². The minimum atomic E-state index is 0.975. The first-order valence-corrected chi connectivity index (χ1v) is 13.0. The van der Waals surface area contributed by atoms with Crippen LogP contribution in [0.2, 0.25) is 0 Å². The molecule has 3 aromatic heterocycles. The third-order valence-corrected chi connectivity index (χ3v) is 8.19. The van der Waals surface area contributed by atoms with E-state index in [2.05, 4.69) is 118 Å². The van der Waals surface area contributed by atoms with Crippen molar-refractivity contribution < 1.29 is 0 Å². The number of hydrogen-bond donors (Lipinski definition) is 0. The van der Waals surface area contributed by atoms with Gasteiger partial charge in [0.2, 0.25) is 0 Å². The highest BCUT2D eigenvalue weighted by molar-refractivity contribution is 7.19. The van der Waals surface area contributed by atoms with Crippen molar-refractivity contribution in [3.63, 3.8) is 0 Å². The molecule has 0 aliphatic rings. The maximum Gasteiger partial charge on any atom is 0.114 e. The van der Waals surface area contributed by atoms with Gasteiger partial charge in [0.1, 0.15) is 16.0 Å². The summed E-state index contributed by atoms with van der Waals surface area (Å²) in [7, 11) is 0. The number of rotatable bonds is 5. The number of fused-ring (bicyclic) bond motifs is 1. The van der Waals surface area contributed by atoms with Gasteiger partial charge in [0.05, 0.1) is 11.7 Å². The number of nitrogens with zero attached hydrogens (tertiary/aromatic N) is 3. The topological polar surface area (TPSA) is 29.0 Å². The number of benzene rings is 3. The highest BCUT2D eigenvalue weighted by Gasteiger charge is 2.18. The third kappa shape index (κ3) is 3.76. The molecule has 0 aliphatic carbocycles. The average molecular weight is 482 g/mol. The Balaban J connectivity index is 1.45. The second-order valence-electron chi connectivity index (χ2n) is 7.68. The number of anilines is 3. The number of hydrogen-bond acceptors (Lipinski definition) is 6. The summed E-state index contributed by atoms with van der Waals surface area (Å²) in [6.45, 7) is 2.14. The molecule has 6 aromatic rings. The number of para-hydroxylation sites is 2. The van der Waals surface area contributed by atoms with Crippen molar-refractivity contribution in [1.29, 1.82) is 0 Å². The van der Waals surface area contributed by atoms with E-state index >= 15 is 0 Å². The predicted octanol–water partition coefficient (Wildman–Crippen LogP) is 8.93. The average Bonchev–Trinajstić information content (AvgIpc) is 3.61. The highest BCUT2D eigenvalue weighted by Crippen LogP contribution is 2.44. The lowest BCUT2D eigenvalue weighted by Crippen LogP contribution is -2.07. The van der Waals surface area contributed by atoms with Crippen LogP contribution in [-0.2, 0) is 0 Å². The minimum absolute atomic E-state index is 0.975. The smallest absolute Gasteiger partial charge is 0.114 e. The summed E-state index contributed by atoms with van der Waals surface area (Å²) in [5, 5.41) is 1.16. The van der Waals surface area contributed by atoms with Gasteiger partial charge < -0.3 is 4.90 Å². The first kappa shape index (κ1) is 20.3. The highest BCUT2D eigenvalue weighted by atomic mass is 32.1. The molecule has 3 aromatic carbocycles. The molecular formula is C27H19N3S3. The Morgan fingerprint density at radius 3 is 1.67 bits per heavy atom. The zero-order valence-corrected chi connectivity index (χ0v) is 20.3. The van der Waals surface area contributed by atoms with Crippen LogP contribution in [0.5, 0.6) is 0 Å². The summed E-state index contributed by atoms with van der Waals surface area (Å²) < 4.78 is 9.35. The molecule has 6 heteroatoms. The Morgan fingerprint density at radius 2 is 1.12 bits per heavy atom. The van der Waals surface area contributed by atoms with Crippen molar-refractivity contribution in [2.45, 2.75) is 6.92 Å². The van der Waals surface area contributed by atoms with E-state index in [4.69, 9.17) is 0 Å². The lowest BCUT2D eigenvalue weighted by molar-refractivity contribution is 1.32. The van der Waals surface area contributed by atoms with Crippen molar-refractivity contribution >= 4 is 61.8 Å². The van der Waals surface area contributed by atoms with Gasteiger partial charge in [0, 0.05) is 37.1 Å². The van der Waals surface area contributed by atoms with Gasteiger partial charge in [-0.05, 0) is 55.5 Å². The van der Waals surface area contributed by atoms with Crippen LogP contribution in [0.3, 0.4) is 0 Å². The Labute approximate surface area is 204 Å². The molecule has 0 saturated carbocycles. The molecule has 0 amide bonds. The molecule has 0 saturated heterocycles. The quantitative estimate of drug-likeness (QED) is 0.246. The van der Waals surface area contributed by atoms with Crippen LogP contribution < -0.4 is 4.90 Å². The first-order valence-electron chi connectivity index (χ1n) is 10.6. The Hall–Kier alpha value is -3.32. The summed E-state index contributed by atoms with van der Waals surface area (Å²) in [4.78, 5) is 6.03. The van der Waals surface area contributed by atoms with E-state index in [-0.39, 0.29) is 0 Å². The Morgan fingerprint density at radius 1 is 0.576 bits per heavy atom. The maximum absolute atomic E-state index is 4.69. The second kappa shape index (κ2) is 8.56. The van der Waals surface area contributed by atoms with Crippen molar-refractivity contribution in [2.24, 2.45) is 0 Å². The number of aromatic nitrogens is 2. The monoisotopic (exact) mass is 481 g/mol. The van der Waals surface area contributed by atoms with E-state index in [1.807, 2.05) is 0 Å². The van der Waals surface area contributed by atoms with Gasteiger partial charge in [0.25, 0.3) is 0 Å². The lowest BCUT2D eigenvalue weighted by atomic mass is 10.1. The fourth-order valence-corrected chi connectivity index (χ4v) is 6.54. The van der Waals surface area contributed by atoms with E-state index in [0.717, 1.165) is 38.5 Å². The molecule has 0 spiro atoms. The van der Waals surface area contributed by atoms with Crippen LogP contribution in [0.4, 0.5) is 16.4 Å². The normalized spacial score (nSPS) is 11.2. The van der Waals surface area contributed by atoms with E-state index in [9.17, 15) is 0 Å². The number of aryl methyl sites for hydroxylation is 1. The molecule has 0 unspecified atom stereocenters. The zero-order valence-electron chi connectivity index (χ0n) is 17.8. The van der Waals surface area contributed by atoms with Gasteiger partial charge in [0.15, 0.2) is 0 Å². The van der Waals surface area contributed by atoms with E-state index < -0.39 is 0 Å². The summed E-state index contributed by atoms with van der Waals surface area (Å²) in [6.07, 6.45) is 0. The molecule has 0 atom stereocenters. The number of thiophene rings is 2. The Kier molecular flexibility index (Phi) is 5.26. The van der Waals surface area contributed by atoms with E-state index in [1.165, 1.54) is 26.4 Å². The summed E-state index contributed by atoms with van der Waals surface area (Å²) in [5.74, 6) is 0. The second-order valence-corrected chi connectivity index (χ2v) is 10.6. The van der Waals surface area contributed by atoms with E-state index in [1.54, 1.807) is 22.7 Å².